The Hall–Kier alpha value is -2.08. The average Bonchev–Trinajstić information content (AvgIpc) is 2.73. The molecule has 3 rings (SSSR count). The van der Waals surface area contributed by atoms with Gasteiger partial charge in [0.2, 0.25) is 0 Å². The summed E-state index contributed by atoms with van der Waals surface area (Å²) in [6.07, 6.45) is 0.571. The summed E-state index contributed by atoms with van der Waals surface area (Å²) in [6.45, 7) is 6.64. The van der Waals surface area contributed by atoms with Crippen molar-refractivity contribution in [1.82, 2.24) is 4.90 Å². The molecule has 0 aromatic heterocycles. The van der Waals surface area contributed by atoms with Gasteiger partial charge >= 0.3 is 0 Å². The highest BCUT2D eigenvalue weighted by Crippen LogP contribution is 2.39. The van der Waals surface area contributed by atoms with Crippen molar-refractivity contribution in [1.29, 1.82) is 0 Å². The van der Waals surface area contributed by atoms with Gasteiger partial charge in [-0.15, -0.1) is 0 Å². The molecule has 0 saturated carbocycles. The maximum absolute atomic E-state index is 11.8. The number of morpholine rings is 1. The Morgan fingerprint density at radius 3 is 2.44 bits per heavy atom. The molecule has 0 radical (unpaired) electrons. The van der Waals surface area contributed by atoms with Crippen LogP contribution in [0.15, 0.2) is 48.5 Å². The molecule has 1 aliphatic heterocycles. The lowest BCUT2D eigenvalue weighted by Gasteiger charge is -2.34. The molecule has 1 heterocycles. The number of rotatable bonds is 8. The zero-order chi connectivity index (χ0) is 19.1. The van der Waals surface area contributed by atoms with Gasteiger partial charge in [-0.25, -0.2) is 0 Å². The predicted octanol–water partition coefficient (Wildman–Crippen LogP) is 3.05. The second-order valence-electron chi connectivity index (χ2n) is 6.72. The van der Waals surface area contributed by atoms with Crippen LogP contribution in [-0.2, 0) is 10.3 Å². The first-order valence-electron chi connectivity index (χ1n) is 9.56. The first-order chi connectivity index (χ1) is 13.2. The molecule has 1 unspecified atom stereocenters. The van der Waals surface area contributed by atoms with Crippen LogP contribution in [0.3, 0.4) is 0 Å². The van der Waals surface area contributed by atoms with Crippen molar-refractivity contribution < 1.29 is 19.3 Å². The van der Waals surface area contributed by atoms with Gasteiger partial charge in [-0.05, 0) is 37.1 Å². The average molecular weight is 371 g/mol. The highest BCUT2D eigenvalue weighted by molar-refractivity contribution is 5.45. The van der Waals surface area contributed by atoms with E-state index in [0.717, 1.165) is 49.7 Å². The molecule has 146 valence electrons. The van der Waals surface area contributed by atoms with Crippen molar-refractivity contribution in [3.63, 3.8) is 0 Å². The number of para-hydroxylation sites is 1. The van der Waals surface area contributed by atoms with Gasteiger partial charge in [0.05, 0.1) is 26.9 Å². The topological polar surface area (TPSA) is 51.2 Å². The minimum absolute atomic E-state index is 0.571. The van der Waals surface area contributed by atoms with Crippen LogP contribution in [0, 0.1) is 0 Å². The zero-order valence-corrected chi connectivity index (χ0v) is 16.2. The Morgan fingerprint density at radius 2 is 1.78 bits per heavy atom. The molecule has 0 amide bonds. The summed E-state index contributed by atoms with van der Waals surface area (Å²) >= 11 is 0. The molecule has 0 aliphatic carbocycles. The molecular weight excluding hydrogens is 342 g/mol. The van der Waals surface area contributed by atoms with E-state index < -0.39 is 5.60 Å². The van der Waals surface area contributed by atoms with Gasteiger partial charge in [0.15, 0.2) is 0 Å². The molecular formula is C22H29NO4. The van der Waals surface area contributed by atoms with Gasteiger partial charge in [0.1, 0.15) is 17.1 Å². The molecule has 1 aliphatic rings. The lowest BCUT2D eigenvalue weighted by atomic mass is 9.82. The van der Waals surface area contributed by atoms with E-state index in [1.54, 1.807) is 7.11 Å². The summed E-state index contributed by atoms with van der Waals surface area (Å²) in [5.74, 6) is 1.49. The molecule has 5 heteroatoms. The minimum Gasteiger partial charge on any atom is -0.496 e. The predicted molar refractivity (Wildman–Crippen MR) is 105 cm³/mol. The van der Waals surface area contributed by atoms with Gasteiger partial charge in [0, 0.05) is 25.2 Å². The van der Waals surface area contributed by atoms with Gasteiger partial charge in [-0.1, -0.05) is 30.3 Å². The standard InChI is InChI=1S/C22H29NO4/c1-3-27-19-10-8-18(9-11-19)22(24,12-13-23-14-16-26-17-15-23)20-6-4-5-7-21(20)25-2/h4-11,24H,3,12-17H2,1-2H3. The van der Waals surface area contributed by atoms with Crippen LogP contribution in [0.1, 0.15) is 24.5 Å². The van der Waals surface area contributed by atoms with Crippen LogP contribution in [0.25, 0.3) is 0 Å². The molecule has 2 aromatic rings. The Balaban J connectivity index is 1.91. The van der Waals surface area contributed by atoms with E-state index in [2.05, 4.69) is 4.90 Å². The van der Waals surface area contributed by atoms with E-state index in [9.17, 15) is 5.11 Å². The van der Waals surface area contributed by atoms with Gasteiger partial charge in [-0.3, -0.25) is 4.90 Å². The van der Waals surface area contributed by atoms with Crippen molar-refractivity contribution in [2.24, 2.45) is 0 Å². The summed E-state index contributed by atoms with van der Waals surface area (Å²) in [4.78, 5) is 2.33. The van der Waals surface area contributed by atoms with Crippen LogP contribution in [0.5, 0.6) is 11.5 Å². The lowest BCUT2D eigenvalue weighted by Crippen LogP contribution is -2.40. The lowest BCUT2D eigenvalue weighted by molar-refractivity contribution is 0.0136. The van der Waals surface area contributed by atoms with Gasteiger partial charge in [0.25, 0.3) is 0 Å². The molecule has 0 bridgehead atoms. The summed E-state index contributed by atoms with van der Waals surface area (Å²) in [6, 6.07) is 15.4. The van der Waals surface area contributed by atoms with E-state index in [-0.39, 0.29) is 0 Å². The monoisotopic (exact) mass is 371 g/mol. The Bertz CT molecular complexity index is 713. The van der Waals surface area contributed by atoms with Crippen molar-refractivity contribution in [3.8, 4) is 11.5 Å². The van der Waals surface area contributed by atoms with E-state index in [1.807, 2.05) is 55.5 Å². The van der Waals surface area contributed by atoms with Crippen molar-refractivity contribution in [3.05, 3.63) is 59.7 Å². The van der Waals surface area contributed by atoms with Crippen LogP contribution < -0.4 is 9.47 Å². The molecule has 1 saturated heterocycles. The molecule has 1 N–H and O–H groups in total. The number of ether oxygens (including phenoxy) is 3. The third-order valence-corrected chi connectivity index (χ3v) is 5.09. The Labute approximate surface area is 161 Å². The minimum atomic E-state index is -1.14. The van der Waals surface area contributed by atoms with Crippen molar-refractivity contribution >= 4 is 0 Å². The Morgan fingerprint density at radius 1 is 1.07 bits per heavy atom. The normalized spacial score (nSPS) is 17.3. The summed E-state index contributed by atoms with van der Waals surface area (Å²) in [7, 11) is 1.64. The number of nitrogens with zero attached hydrogens (tertiary/aromatic N) is 1. The highest BCUT2D eigenvalue weighted by Gasteiger charge is 2.34. The first-order valence-corrected chi connectivity index (χ1v) is 9.56. The zero-order valence-electron chi connectivity index (χ0n) is 16.2. The quantitative estimate of drug-likeness (QED) is 0.773. The molecule has 27 heavy (non-hydrogen) atoms. The van der Waals surface area contributed by atoms with E-state index in [4.69, 9.17) is 14.2 Å². The molecule has 5 nitrogen and oxygen atoms in total. The first kappa shape index (κ1) is 19.7. The van der Waals surface area contributed by atoms with Crippen molar-refractivity contribution in [2.75, 3.05) is 46.6 Å². The van der Waals surface area contributed by atoms with E-state index in [1.165, 1.54) is 0 Å². The van der Waals surface area contributed by atoms with E-state index >= 15 is 0 Å². The van der Waals surface area contributed by atoms with Crippen LogP contribution in [0.4, 0.5) is 0 Å². The maximum atomic E-state index is 11.8. The largest absolute Gasteiger partial charge is 0.496 e. The smallest absolute Gasteiger partial charge is 0.125 e. The number of hydrogen-bond donors (Lipinski definition) is 1. The molecule has 0 spiro atoms. The second-order valence-corrected chi connectivity index (χ2v) is 6.72. The second kappa shape index (κ2) is 9.22. The Kier molecular flexibility index (Phi) is 6.72. The molecule has 1 atom stereocenters. The van der Waals surface area contributed by atoms with Gasteiger partial charge in [-0.2, -0.15) is 0 Å². The van der Waals surface area contributed by atoms with Crippen molar-refractivity contribution in [2.45, 2.75) is 18.9 Å². The molecule has 1 fully saturated rings. The number of benzene rings is 2. The number of methoxy groups -OCH3 is 1. The fourth-order valence-corrected chi connectivity index (χ4v) is 3.56. The van der Waals surface area contributed by atoms with Crippen LogP contribution in [-0.4, -0.2) is 56.6 Å². The van der Waals surface area contributed by atoms with Crippen LogP contribution >= 0.6 is 0 Å². The third-order valence-electron chi connectivity index (χ3n) is 5.09. The SMILES string of the molecule is CCOc1ccc(C(O)(CCN2CCOCC2)c2ccccc2OC)cc1. The molecule has 2 aromatic carbocycles. The highest BCUT2D eigenvalue weighted by atomic mass is 16.5. The summed E-state index contributed by atoms with van der Waals surface area (Å²) in [5, 5.41) is 11.8. The van der Waals surface area contributed by atoms with Crippen LogP contribution in [0.2, 0.25) is 0 Å². The van der Waals surface area contributed by atoms with Gasteiger partial charge < -0.3 is 19.3 Å². The van der Waals surface area contributed by atoms with E-state index in [0.29, 0.717) is 18.8 Å². The number of hydrogen-bond acceptors (Lipinski definition) is 5. The number of aliphatic hydroxyl groups is 1. The fourth-order valence-electron chi connectivity index (χ4n) is 3.56. The maximum Gasteiger partial charge on any atom is 0.125 e. The summed E-state index contributed by atoms with van der Waals surface area (Å²) in [5.41, 5.74) is 0.476. The third kappa shape index (κ3) is 4.61. The fraction of sp³-hybridized carbons (Fsp3) is 0.455. The summed E-state index contributed by atoms with van der Waals surface area (Å²) < 4.78 is 16.5.